The fraction of sp³-hybridized carbons (Fsp3) is 0.484. The number of nitrogens with zero attached hydrogens (tertiary/aromatic N) is 2. The third-order valence-corrected chi connectivity index (χ3v) is 7.84. The lowest BCUT2D eigenvalue weighted by Crippen LogP contribution is -2.54. The Morgan fingerprint density at radius 3 is 2.41 bits per heavy atom. The Morgan fingerprint density at radius 2 is 1.72 bits per heavy atom. The smallest absolute Gasteiger partial charge is 0.323 e. The Balaban J connectivity index is 1.66. The van der Waals surface area contributed by atoms with Crippen LogP contribution in [0.25, 0.3) is 0 Å². The zero-order chi connectivity index (χ0) is 27.8. The molecule has 2 aromatic rings. The average molecular weight is 535 g/mol. The number of rotatable bonds is 11. The van der Waals surface area contributed by atoms with Gasteiger partial charge in [-0.15, -0.1) is 0 Å². The molecule has 0 unspecified atom stereocenters. The van der Waals surface area contributed by atoms with Crippen LogP contribution in [0.5, 0.6) is 0 Å². The van der Waals surface area contributed by atoms with Crippen LogP contribution in [0, 0.1) is 11.8 Å². The predicted molar refractivity (Wildman–Crippen MR) is 147 cm³/mol. The summed E-state index contributed by atoms with van der Waals surface area (Å²) >= 11 is 0. The largest absolute Gasteiger partial charge is 0.480 e. The number of carboxylic acids is 1. The summed E-state index contributed by atoms with van der Waals surface area (Å²) in [7, 11) is 0. The monoisotopic (exact) mass is 534 g/mol. The van der Waals surface area contributed by atoms with E-state index >= 15 is 0 Å². The summed E-state index contributed by atoms with van der Waals surface area (Å²) < 4.78 is 5.41. The van der Waals surface area contributed by atoms with Gasteiger partial charge in [-0.2, -0.15) is 0 Å². The van der Waals surface area contributed by atoms with Crippen molar-refractivity contribution in [3.8, 4) is 0 Å². The molecule has 8 nitrogen and oxygen atoms in total. The molecule has 0 aromatic heterocycles. The maximum Gasteiger partial charge on any atom is 0.323 e. The Morgan fingerprint density at radius 1 is 1.03 bits per heavy atom. The van der Waals surface area contributed by atoms with Gasteiger partial charge in [-0.1, -0.05) is 61.4 Å². The number of para-hydroxylation sites is 1. The van der Waals surface area contributed by atoms with Crippen molar-refractivity contribution < 1.29 is 29.0 Å². The molecule has 2 amide bonds. The number of hydrogen-bond acceptors (Lipinski definition) is 5. The number of amides is 2. The molecule has 1 aliphatic heterocycles. The lowest BCUT2D eigenvalue weighted by molar-refractivity contribution is -0.152. The Kier molecular flexibility index (Phi) is 9.74. The number of anilines is 1. The zero-order valence-electron chi connectivity index (χ0n) is 22.6. The minimum absolute atomic E-state index is 0.0642. The molecular weight excluding hydrogens is 496 g/mol. The van der Waals surface area contributed by atoms with Crippen LogP contribution in [0.4, 0.5) is 5.69 Å². The molecule has 2 aliphatic rings. The van der Waals surface area contributed by atoms with Crippen LogP contribution in [-0.2, 0) is 36.8 Å². The first-order valence-electron chi connectivity index (χ1n) is 14.0. The van der Waals surface area contributed by atoms with Gasteiger partial charge in [0.1, 0.15) is 12.6 Å². The molecule has 1 N–H and O–H groups in total. The first-order chi connectivity index (χ1) is 18.9. The second-order valence-electron chi connectivity index (χ2n) is 10.4. The van der Waals surface area contributed by atoms with Crippen molar-refractivity contribution in [2.24, 2.45) is 11.8 Å². The van der Waals surface area contributed by atoms with Gasteiger partial charge >= 0.3 is 11.9 Å². The summed E-state index contributed by atoms with van der Waals surface area (Å²) in [6.45, 7) is 1.55. The number of benzene rings is 2. The van der Waals surface area contributed by atoms with Gasteiger partial charge in [0, 0.05) is 18.2 Å². The van der Waals surface area contributed by atoms with Crippen LogP contribution >= 0.6 is 0 Å². The van der Waals surface area contributed by atoms with Crippen LogP contribution in [0.15, 0.2) is 54.6 Å². The molecule has 2 atom stereocenters. The predicted octanol–water partition coefficient (Wildman–Crippen LogP) is 4.25. The van der Waals surface area contributed by atoms with Gasteiger partial charge in [-0.25, -0.2) is 0 Å². The molecule has 0 saturated heterocycles. The normalized spacial score (nSPS) is 18.2. The molecule has 39 heavy (non-hydrogen) atoms. The van der Waals surface area contributed by atoms with Crippen LogP contribution in [0.1, 0.15) is 56.6 Å². The first kappa shape index (κ1) is 28.3. The molecule has 1 fully saturated rings. The second kappa shape index (κ2) is 13.4. The standard InChI is InChI=1S/C31H38N2O6/c1-2-39-31(38)25(17-16-22-10-4-3-5-11-22)20-32(29(36)24-13-6-7-14-24)27-19-18-23-12-8-9-15-26(23)33(30(27)37)21-28(34)35/h3-5,8-12,15,24-25,27H,2,6-7,13-14,16-21H2,1H3,(H,34,35)/t25-,27+/m1/s1. The van der Waals surface area contributed by atoms with E-state index in [0.717, 1.165) is 36.8 Å². The average Bonchev–Trinajstić information content (AvgIpc) is 3.44. The number of carbonyl (C=O) groups is 4. The number of aliphatic carboxylic acids is 1. The van der Waals surface area contributed by atoms with Crippen LogP contribution in [0.2, 0.25) is 0 Å². The third-order valence-electron chi connectivity index (χ3n) is 7.84. The maximum atomic E-state index is 14.0. The quantitative estimate of drug-likeness (QED) is 0.432. The van der Waals surface area contributed by atoms with Crippen molar-refractivity contribution in [2.75, 3.05) is 24.6 Å². The fourth-order valence-corrected chi connectivity index (χ4v) is 5.83. The van der Waals surface area contributed by atoms with E-state index in [1.807, 2.05) is 42.5 Å². The Labute approximate surface area is 229 Å². The molecular formula is C31H38N2O6. The van der Waals surface area contributed by atoms with Crippen molar-refractivity contribution in [3.05, 3.63) is 65.7 Å². The van der Waals surface area contributed by atoms with Gasteiger partial charge in [0.15, 0.2) is 0 Å². The summed E-state index contributed by atoms with van der Waals surface area (Å²) in [6.07, 6.45) is 5.39. The van der Waals surface area contributed by atoms with Crippen molar-refractivity contribution in [1.82, 2.24) is 4.90 Å². The number of esters is 1. The third kappa shape index (κ3) is 7.05. The van der Waals surface area contributed by atoms with Gasteiger partial charge < -0.3 is 14.7 Å². The summed E-state index contributed by atoms with van der Waals surface area (Å²) in [6, 6.07) is 16.3. The van der Waals surface area contributed by atoms with E-state index in [4.69, 9.17) is 4.74 Å². The minimum Gasteiger partial charge on any atom is -0.480 e. The molecule has 1 aliphatic carbocycles. The summed E-state index contributed by atoms with van der Waals surface area (Å²) in [4.78, 5) is 55.8. The lowest BCUT2D eigenvalue weighted by atomic mass is 9.95. The molecule has 208 valence electrons. The topological polar surface area (TPSA) is 104 Å². The van der Waals surface area contributed by atoms with Crippen LogP contribution in [-0.4, -0.2) is 59.5 Å². The number of carbonyl (C=O) groups excluding carboxylic acids is 3. The second-order valence-corrected chi connectivity index (χ2v) is 10.4. The summed E-state index contributed by atoms with van der Waals surface area (Å²) in [5, 5.41) is 9.63. The number of fused-ring (bicyclic) bond motifs is 1. The van der Waals surface area contributed by atoms with Crippen molar-refractivity contribution in [3.63, 3.8) is 0 Å². The highest BCUT2D eigenvalue weighted by molar-refractivity contribution is 6.03. The van der Waals surface area contributed by atoms with Gasteiger partial charge in [0.25, 0.3) is 0 Å². The molecule has 0 radical (unpaired) electrons. The molecule has 0 spiro atoms. The van der Waals surface area contributed by atoms with Gasteiger partial charge in [0.05, 0.1) is 12.5 Å². The lowest BCUT2D eigenvalue weighted by Gasteiger charge is -2.36. The van der Waals surface area contributed by atoms with E-state index in [1.165, 1.54) is 4.90 Å². The number of carboxylic acid groups (broad SMARTS) is 1. The summed E-state index contributed by atoms with van der Waals surface area (Å²) in [5.41, 5.74) is 2.51. The highest BCUT2D eigenvalue weighted by Gasteiger charge is 2.41. The highest BCUT2D eigenvalue weighted by Crippen LogP contribution is 2.33. The van der Waals surface area contributed by atoms with E-state index < -0.39 is 30.4 Å². The van der Waals surface area contributed by atoms with Gasteiger partial charge in [-0.3, -0.25) is 24.1 Å². The van der Waals surface area contributed by atoms with E-state index in [2.05, 4.69) is 0 Å². The number of hydrogen-bond donors (Lipinski definition) is 1. The summed E-state index contributed by atoms with van der Waals surface area (Å²) in [5.74, 6) is -2.86. The van der Waals surface area contributed by atoms with Gasteiger partial charge in [0.2, 0.25) is 11.8 Å². The van der Waals surface area contributed by atoms with E-state index in [0.29, 0.717) is 31.4 Å². The van der Waals surface area contributed by atoms with Crippen molar-refractivity contribution >= 4 is 29.4 Å². The van der Waals surface area contributed by atoms with E-state index in [-0.39, 0.29) is 30.9 Å². The van der Waals surface area contributed by atoms with Crippen LogP contribution in [0.3, 0.4) is 0 Å². The molecule has 1 heterocycles. The molecule has 2 aromatic carbocycles. The zero-order valence-corrected chi connectivity index (χ0v) is 22.6. The maximum absolute atomic E-state index is 14.0. The molecule has 4 rings (SSSR count). The number of ether oxygens (including phenoxy) is 1. The van der Waals surface area contributed by atoms with Gasteiger partial charge in [-0.05, 0) is 62.6 Å². The Hall–Kier alpha value is -3.68. The van der Waals surface area contributed by atoms with Crippen molar-refractivity contribution in [2.45, 2.75) is 64.3 Å². The van der Waals surface area contributed by atoms with E-state index in [1.54, 1.807) is 24.0 Å². The number of aryl methyl sites for hydroxylation is 2. The molecule has 1 saturated carbocycles. The fourth-order valence-electron chi connectivity index (χ4n) is 5.83. The minimum atomic E-state index is -1.13. The van der Waals surface area contributed by atoms with Crippen molar-refractivity contribution in [1.29, 1.82) is 0 Å². The molecule has 0 bridgehead atoms. The molecule has 8 heteroatoms. The highest BCUT2D eigenvalue weighted by atomic mass is 16.5. The Bertz CT molecular complexity index is 1160. The first-order valence-corrected chi connectivity index (χ1v) is 14.0. The SMILES string of the molecule is CCOC(=O)[C@H](CCc1ccccc1)CN(C(=O)C1CCCC1)[C@H]1CCc2ccccc2N(CC(=O)O)C1=O. The van der Waals surface area contributed by atoms with Crippen LogP contribution < -0.4 is 4.90 Å². The van der Waals surface area contributed by atoms with E-state index in [9.17, 15) is 24.3 Å².